The van der Waals surface area contributed by atoms with E-state index in [0.29, 0.717) is 13.1 Å². The molecule has 2 amide bonds. The molecule has 0 aromatic heterocycles. The van der Waals surface area contributed by atoms with Crippen molar-refractivity contribution in [3.05, 3.63) is 27.8 Å². The molecule has 0 radical (unpaired) electrons. The summed E-state index contributed by atoms with van der Waals surface area (Å²) in [6.45, 7) is 16.6. The second-order valence-corrected chi connectivity index (χ2v) is 16.5. The van der Waals surface area contributed by atoms with E-state index in [2.05, 4.69) is 19.6 Å². The molecule has 0 spiro atoms. The summed E-state index contributed by atoms with van der Waals surface area (Å²) in [6, 6.07) is -0.362. The van der Waals surface area contributed by atoms with E-state index in [1.807, 2.05) is 34.6 Å². The van der Waals surface area contributed by atoms with Gasteiger partial charge in [0.15, 0.2) is 6.10 Å². The maximum Gasteiger partial charge on any atom is 0.339 e. The third-order valence-corrected chi connectivity index (χ3v) is 8.77. The van der Waals surface area contributed by atoms with Crippen LogP contribution in [0.4, 0.5) is 13.6 Å². The number of nitrogens with zero attached hydrogens (tertiary/aromatic N) is 2. The zero-order valence-corrected chi connectivity index (χ0v) is 22.9. The number of carbonyl (C=O) groups is 2. The molecular weight excluding hydrogens is 458 g/mol. The number of rotatable bonds is 4. The summed E-state index contributed by atoms with van der Waals surface area (Å²) in [5, 5.41) is 1.13. The van der Waals surface area contributed by atoms with Crippen LogP contribution in [0.2, 0.25) is 19.6 Å². The van der Waals surface area contributed by atoms with Crippen LogP contribution in [0.25, 0.3) is 0 Å². The Balaban J connectivity index is 2.11. The lowest BCUT2D eigenvalue weighted by atomic mass is 9.91. The fourth-order valence-electron chi connectivity index (χ4n) is 5.24. The van der Waals surface area contributed by atoms with E-state index in [4.69, 9.17) is 9.47 Å². The highest BCUT2D eigenvalue weighted by molar-refractivity contribution is 6.89. The summed E-state index contributed by atoms with van der Waals surface area (Å²) in [6.07, 6.45) is -1.19. The number of likely N-dealkylation sites (tertiary alicyclic amines) is 1. The number of halogens is 2. The highest BCUT2D eigenvalue weighted by atomic mass is 28.3. The first kappa shape index (κ1) is 26.6. The highest BCUT2D eigenvalue weighted by Crippen LogP contribution is 2.38. The fourth-order valence-corrected chi connectivity index (χ4v) is 7.64. The largest absolute Gasteiger partial charge is 0.467 e. The van der Waals surface area contributed by atoms with Crippen molar-refractivity contribution in [2.45, 2.75) is 91.4 Å². The van der Waals surface area contributed by atoms with Crippen molar-refractivity contribution in [3.8, 4) is 0 Å². The van der Waals surface area contributed by atoms with Gasteiger partial charge >= 0.3 is 12.0 Å². The summed E-state index contributed by atoms with van der Waals surface area (Å²) >= 11 is 0. The number of esters is 1. The van der Waals surface area contributed by atoms with Crippen molar-refractivity contribution < 1.29 is 27.8 Å². The number of fused-ring (bicyclic) bond motifs is 1. The topological polar surface area (TPSA) is 59.1 Å². The van der Waals surface area contributed by atoms with Crippen LogP contribution in [0, 0.1) is 13.8 Å². The van der Waals surface area contributed by atoms with Crippen LogP contribution in [-0.2, 0) is 27.4 Å². The van der Waals surface area contributed by atoms with Gasteiger partial charge in [-0.2, -0.15) is 0 Å². The minimum atomic E-state index is -2.83. The third-order valence-electron chi connectivity index (χ3n) is 6.63. The van der Waals surface area contributed by atoms with Gasteiger partial charge in [0.25, 0.3) is 5.92 Å². The predicted octanol–water partition coefficient (Wildman–Crippen LogP) is 4.65. The average Bonchev–Trinajstić information content (AvgIpc) is 3.30. The maximum atomic E-state index is 13.7. The summed E-state index contributed by atoms with van der Waals surface area (Å²) in [4.78, 5) is 29.0. The average molecular weight is 497 g/mol. The van der Waals surface area contributed by atoms with Gasteiger partial charge in [0.05, 0.1) is 27.3 Å². The number of benzene rings is 1. The quantitative estimate of drug-likeness (QED) is 0.450. The molecule has 2 aliphatic heterocycles. The molecule has 1 aromatic carbocycles. The Bertz CT molecular complexity index is 998. The summed E-state index contributed by atoms with van der Waals surface area (Å²) in [5.41, 5.74) is 4.25. The van der Waals surface area contributed by atoms with E-state index in [1.54, 1.807) is 4.90 Å². The molecule has 2 aliphatic rings. The lowest BCUT2D eigenvalue weighted by Crippen LogP contribution is -2.46. The van der Waals surface area contributed by atoms with Gasteiger partial charge < -0.3 is 19.3 Å². The minimum absolute atomic E-state index is 0.0614. The summed E-state index contributed by atoms with van der Waals surface area (Å²) in [5.74, 6) is -3.29. The number of urea groups is 1. The zero-order chi connectivity index (χ0) is 25.8. The van der Waals surface area contributed by atoms with E-state index in [0.717, 1.165) is 33.0 Å². The fraction of sp³-hybridized carbons (Fsp3) is 0.680. The molecule has 0 saturated carbocycles. The van der Waals surface area contributed by atoms with Crippen molar-refractivity contribution in [3.63, 3.8) is 0 Å². The van der Waals surface area contributed by atoms with Gasteiger partial charge in [-0.15, -0.1) is 0 Å². The molecule has 1 aromatic rings. The molecule has 1 saturated heterocycles. The van der Waals surface area contributed by atoms with Gasteiger partial charge in [-0.1, -0.05) is 24.8 Å². The van der Waals surface area contributed by atoms with E-state index in [1.165, 1.54) is 12.0 Å². The van der Waals surface area contributed by atoms with Crippen LogP contribution in [0.1, 0.15) is 61.1 Å². The normalized spacial score (nSPS) is 18.8. The molecule has 6 nitrogen and oxygen atoms in total. The Morgan fingerprint density at radius 3 is 2.03 bits per heavy atom. The highest BCUT2D eigenvalue weighted by Gasteiger charge is 2.44. The van der Waals surface area contributed by atoms with Crippen LogP contribution in [0.15, 0.2) is 0 Å². The molecule has 1 atom stereocenters. The molecule has 0 N–H and O–H groups in total. The first-order valence-corrected chi connectivity index (χ1v) is 15.3. The predicted molar refractivity (Wildman–Crippen MR) is 130 cm³/mol. The maximum absolute atomic E-state index is 13.7. The number of methoxy groups -OCH3 is 1. The number of amides is 2. The summed E-state index contributed by atoms with van der Waals surface area (Å²) < 4.78 is 38.9. The molecule has 34 heavy (non-hydrogen) atoms. The van der Waals surface area contributed by atoms with Gasteiger partial charge in [-0.05, 0) is 62.4 Å². The lowest BCUT2D eigenvalue weighted by molar-refractivity contribution is -0.164. The second kappa shape index (κ2) is 8.89. The van der Waals surface area contributed by atoms with Crippen LogP contribution >= 0.6 is 0 Å². The van der Waals surface area contributed by atoms with Gasteiger partial charge in [-0.25, -0.2) is 18.4 Å². The standard InChI is InChI=1S/C25H38F2N2O4Si/c1-15-17-12-29(23(31)28-11-10-25(26,27)14-28)13-18(17)16(2)21(34(7,8)9)19(15)20(22(30)32-6)33-24(3,4)5/h20H,10-14H2,1-9H3/t20-/m0/s1. The van der Waals surface area contributed by atoms with Crippen molar-refractivity contribution in [1.82, 2.24) is 9.80 Å². The number of carbonyl (C=O) groups excluding carboxylic acids is 2. The molecule has 1 fully saturated rings. The van der Waals surface area contributed by atoms with Crippen LogP contribution in [0.5, 0.6) is 0 Å². The van der Waals surface area contributed by atoms with Crippen LogP contribution < -0.4 is 5.19 Å². The van der Waals surface area contributed by atoms with Crippen molar-refractivity contribution >= 4 is 25.3 Å². The molecule has 2 heterocycles. The molecule has 9 heteroatoms. The van der Waals surface area contributed by atoms with Gasteiger partial charge in [0.1, 0.15) is 0 Å². The molecule has 3 rings (SSSR count). The number of alkyl halides is 2. The van der Waals surface area contributed by atoms with E-state index < -0.39 is 38.2 Å². The molecular formula is C25H38F2N2O4Si. The Morgan fingerprint density at radius 1 is 1.03 bits per heavy atom. The first-order valence-electron chi connectivity index (χ1n) is 11.8. The SMILES string of the molecule is COC(=O)[C@@H](OC(C)(C)C)c1c(C)c2c(c(C)c1[Si](C)(C)C)CN(C(=O)N1CCC(F)(F)C1)C2. The lowest BCUT2D eigenvalue weighted by Gasteiger charge is -2.33. The van der Waals surface area contributed by atoms with Crippen molar-refractivity contribution in [2.75, 3.05) is 20.2 Å². The second-order valence-electron chi connectivity index (χ2n) is 11.5. The molecule has 0 aliphatic carbocycles. The van der Waals surface area contributed by atoms with E-state index >= 15 is 0 Å². The number of hydrogen-bond acceptors (Lipinski definition) is 4. The van der Waals surface area contributed by atoms with Gasteiger partial charge in [0, 0.05) is 26.1 Å². The smallest absolute Gasteiger partial charge is 0.339 e. The molecule has 0 unspecified atom stereocenters. The Kier molecular flexibility index (Phi) is 6.96. The zero-order valence-electron chi connectivity index (χ0n) is 21.9. The number of hydrogen-bond donors (Lipinski definition) is 0. The van der Waals surface area contributed by atoms with Gasteiger partial charge in [-0.3, -0.25) is 0 Å². The molecule has 0 bridgehead atoms. The number of ether oxygens (including phenoxy) is 2. The first-order chi connectivity index (χ1) is 15.5. The Labute approximate surface area is 202 Å². The minimum Gasteiger partial charge on any atom is -0.467 e. The van der Waals surface area contributed by atoms with E-state index in [-0.39, 0.29) is 19.0 Å². The monoisotopic (exact) mass is 496 g/mol. The van der Waals surface area contributed by atoms with E-state index in [9.17, 15) is 18.4 Å². The third kappa shape index (κ3) is 5.15. The Hall–Kier alpha value is -2.00. The van der Waals surface area contributed by atoms with Crippen molar-refractivity contribution in [2.24, 2.45) is 0 Å². The van der Waals surface area contributed by atoms with Crippen molar-refractivity contribution in [1.29, 1.82) is 0 Å². The molecule has 190 valence electrons. The van der Waals surface area contributed by atoms with Crippen LogP contribution in [0.3, 0.4) is 0 Å². The van der Waals surface area contributed by atoms with Gasteiger partial charge in [0.2, 0.25) is 0 Å². The van der Waals surface area contributed by atoms with Crippen LogP contribution in [-0.4, -0.2) is 61.6 Å². The Morgan fingerprint density at radius 2 is 1.59 bits per heavy atom. The summed E-state index contributed by atoms with van der Waals surface area (Å²) in [7, 11) is -0.630.